The van der Waals surface area contributed by atoms with Crippen LogP contribution in [0.4, 0.5) is 4.79 Å². The molecule has 6 N–H and O–H groups in total. The number of imide groups is 1. The summed E-state index contributed by atoms with van der Waals surface area (Å²) in [7, 11) is 3.25. The van der Waals surface area contributed by atoms with Crippen molar-refractivity contribution in [1.29, 1.82) is 0 Å². The Labute approximate surface area is 127 Å². The Bertz CT molecular complexity index is 449. The monoisotopic (exact) mass is 318 g/mol. The Hall–Kier alpha value is -1.30. The minimum Gasteiger partial charge on any atom is -0.394 e. The molecule has 2 rings (SSSR count). The quantitative estimate of drug-likeness (QED) is 0.302. The summed E-state index contributed by atoms with van der Waals surface area (Å²) in [5.74, 6) is -0.489. The highest BCUT2D eigenvalue weighted by atomic mass is 16.6. The first-order chi connectivity index (χ1) is 10.4. The Morgan fingerprint density at radius 3 is 2.55 bits per heavy atom. The normalized spacial score (nSPS) is 39.2. The van der Waals surface area contributed by atoms with Crippen LogP contribution in [0.25, 0.3) is 0 Å². The van der Waals surface area contributed by atoms with Crippen LogP contribution in [0.2, 0.25) is 0 Å². The Kier molecular flexibility index (Phi) is 5.00. The predicted molar refractivity (Wildman–Crippen MR) is 73.7 cm³/mol. The van der Waals surface area contributed by atoms with Crippen LogP contribution in [0.1, 0.15) is 0 Å². The molecule has 0 aliphatic carbocycles. The van der Waals surface area contributed by atoms with Crippen molar-refractivity contribution in [3.8, 4) is 0 Å². The van der Waals surface area contributed by atoms with Gasteiger partial charge in [0.1, 0.15) is 23.9 Å². The van der Waals surface area contributed by atoms with Gasteiger partial charge in [0.25, 0.3) is 5.91 Å². The van der Waals surface area contributed by atoms with E-state index in [0.29, 0.717) is 0 Å². The number of carbonyl (C=O) groups is 2. The second-order valence-corrected chi connectivity index (χ2v) is 5.48. The first-order valence-corrected chi connectivity index (χ1v) is 6.98. The first-order valence-electron chi connectivity index (χ1n) is 6.98. The van der Waals surface area contributed by atoms with E-state index in [1.54, 1.807) is 14.1 Å². The SMILES string of the molecule is CNCC1(NC)CN([C@@H]2O[C@H](CO)[C@@H](O)[C@H]2O)C(=O)NC1=O. The molecule has 0 aromatic rings. The lowest BCUT2D eigenvalue weighted by Crippen LogP contribution is -2.74. The average Bonchev–Trinajstić information content (AvgIpc) is 2.78. The molecular formula is C12H22N4O6. The third-order valence-corrected chi connectivity index (χ3v) is 4.14. The largest absolute Gasteiger partial charge is 0.394 e. The van der Waals surface area contributed by atoms with E-state index >= 15 is 0 Å². The molecule has 2 aliphatic heterocycles. The number of hydrogen-bond acceptors (Lipinski definition) is 8. The molecule has 0 spiro atoms. The molecule has 2 fully saturated rings. The Morgan fingerprint density at radius 2 is 2.05 bits per heavy atom. The Balaban J connectivity index is 2.23. The van der Waals surface area contributed by atoms with Gasteiger partial charge in [-0.15, -0.1) is 0 Å². The van der Waals surface area contributed by atoms with Crippen molar-refractivity contribution in [2.24, 2.45) is 0 Å². The van der Waals surface area contributed by atoms with Crippen molar-refractivity contribution in [3.05, 3.63) is 0 Å². The van der Waals surface area contributed by atoms with Gasteiger partial charge >= 0.3 is 6.03 Å². The molecule has 0 aromatic carbocycles. The Morgan fingerprint density at radius 1 is 1.36 bits per heavy atom. The van der Waals surface area contributed by atoms with Crippen molar-refractivity contribution < 1.29 is 29.6 Å². The highest BCUT2D eigenvalue weighted by Gasteiger charge is 2.52. The lowest BCUT2D eigenvalue weighted by molar-refractivity contribution is -0.135. The summed E-state index contributed by atoms with van der Waals surface area (Å²) in [6, 6.07) is -0.721. The second kappa shape index (κ2) is 6.44. The van der Waals surface area contributed by atoms with Gasteiger partial charge in [0.15, 0.2) is 6.23 Å². The molecule has 10 heteroatoms. The van der Waals surface area contributed by atoms with E-state index in [0.717, 1.165) is 4.90 Å². The first kappa shape index (κ1) is 17.1. The number of urea groups is 1. The molecule has 0 aromatic heterocycles. The molecule has 5 atom stereocenters. The van der Waals surface area contributed by atoms with Crippen LogP contribution in [0.15, 0.2) is 0 Å². The number of amides is 3. The van der Waals surface area contributed by atoms with Crippen LogP contribution >= 0.6 is 0 Å². The maximum Gasteiger partial charge on any atom is 0.326 e. The minimum absolute atomic E-state index is 0.0540. The fraction of sp³-hybridized carbons (Fsp3) is 0.833. The lowest BCUT2D eigenvalue weighted by Gasteiger charge is -2.43. The van der Waals surface area contributed by atoms with Crippen molar-refractivity contribution in [3.63, 3.8) is 0 Å². The standard InChI is InChI=1S/C12H22N4O6/c1-13-4-12(14-2)5-16(11(21)15-10(12)20)9-8(19)7(18)6(3-17)22-9/h6-9,13-14,17-19H,3-5H2,1-2H3,(H,15,20,21)/t6-,7-,8-,9-,12?/m1/s1. The molecule has 2 saturated heterocycles. The molecule has 2 aliphatic rings. The van der Waals surface area contributed by atoms with Crippen molar-refractivity contribution in [2.75, 3.05) is 33.8 Å². The van der Waals surface area contributed by atoms with Crippen LogP contribution in [0.3, 0.4) is 0 Å². The van der Waals surface area contributed by atoms with Crippen molar-refractivity contribution in [1.82, 2.24) is 20.9 Å². The predicted octanol–water partition coefficient (Wildman–Crippen LogP) is -3.85. The third kappa shape index (κ3) is 2.69. The number of aliphatic hydroxyl groups excluding tert-OH is 3. The van der Waals surface area contributed by atoms with Crippen LogP contribution in [-0.2, 0) is 9.53 Å². The molecule has 0 saturated carbocycles. The van der Waals surface area contributed by atoms with Gasteiger partial charge in [0.2, 0.25) is 0 Å². The summed E-state index contributed by atoms with van der Waals surface area (Å²) >= 11 is 0. The van der Waals surface area contributed by atoms with E-state index in [1.165, 1.54) is 0 Å². The molecule has 126 valence electrons. The number of rotatable bonds is 5. The molecule has 3 amide bonds. The van der Waals surface area contributed by atoms with Gasteiger partial charge < -0.3 is 30.7 Å². The number of aliphatic hydroxyl groups is 3. The fourth-order valence-electron chi connectivity index (χ4n) is 2.78. The third-order valence-electron chi connectivity index (χ3n) is 4.14. The fourth-order valence-corrected chi connectivity index (χ4v) is 2.78. The summed E-state index contributed by atoms with van der Waals surface area (Å²) in [6.45, 7) is -0.299. The number of hydrogen-bond donors (Lipinski definition) is 6. The second-order valence-electron chi connectivity index (χ2n) is 5.48. The summed E-state index contributed by atoms with van der Waals surface area (Å²) in [4.78, 5) is 25.3. The van der Waals surface area contributed by atoms with E-state index in [9.17, 15) is 19.8 Å². The van der Waals surface area contributed by atoms with Gasteiger partial charge in [-0.3, -0.25) is 15.0 Å². The molecule has 1 unspecified atom stereocenters. The lowest BCUT2D eigenvalue weighted by atomic mass is 9.95. The summed E-state index contributed by atoms with van der Waals surface area (Å²) in [5.41, 5.74) is -1.09. The number of nitrogens with zero attached hydrogens (tertiary/aromatic N) is 1. The maximum absolute atomic E-state index is 12.1. The highest BCUT2D eigenvalue weighted by Crippen LogP contribution is 2.27. The molecular weight excluding hydrogens is 296 g/mol. The molecule has 22 heavy (non-hydrogen) atoms. The molecule has 0 bridgehead atoms. The zero-order chi connectivity index (χ0) is 16.5. The summed E-state index contributed by atoms with van der Waals surface area (Å²) < 4.78 is 5.35. The maximum atomic E-state index is 12.1. The topological polar surface area (TPSA) is 143 Å². The summed E-state index contributed by atoms with van der Waals surface area (Å²) in [6.07, 6.45) is -4.82. The van der Waals surface area contributed by atoms with E-state index in [-0.39, 0.29) is 13.1 Å². The zero-order valence-electron chi connectivity index (χ0n) is 12.4. The van der Waals surface area contributed by atoms with Gasteiger partial charge in [-0.05, 0) is 14.1 Å². The number of nitrogens with one attached hydrogen (secondary N) is 3. The van der Waals surface area contributed by atoms with Gasteiger partial charge in [-0.1, -0.05) is 0 Å². The number of likely N-dealkylation sites (N-methyl/N-ethyl adjacent to an activating group) is 2. The van der Waals surface area contributed by atoms with Crippen molar-refractivity contribution in [2.45, 2.75) is 30.1 Å². The number of carbonyl (C=O) groups excluding carboxylic acids is 2. The number of ether oxygens (including phenoxy) is 1. The van der Waals surface area contributed by atoms with Crippen LogP contribution in [0, 0.1) is 0 Å². The van der Waals surface area contributed by atoms with Crippen molar-refractivity contribution >= 4 is 11.9 Å². The van der Waals surface area contributed by atoms with E-state index in [2.05, 4.69) is 16.0 Å². The zero-order valence-corrected chi connectivity index (χ0v) is 12.4. The van der Waals surface area contributed by atoms with Gasteiger partial charge in [0, 0.05) is 6.54 Å². The van der Waals surface area contributed by atoms with E-state index in [1.807, 2.05) is 0 Å². The highest BCUT2D eigenvalue weighted by molar-refractivity contribution is 6.02. The smallest absolute Gasteiger partial charge is 0.326 e. The van der Waals surface area contributed by atoms with Crippen LogP contribution in [-0.4, -0.2) is 96.0 Å². The minimum atomic E-state index is -1.37. The summed E-state index contributed by atoms with van der Waals surface area (Å²) in [5, 5.41) is 36.9. The van der Waals surface area contributed by atoms with Crippen LogP contribution < -0.4 is 16.0 Å². The van der Waals surface area contributed by atoms with E-state index in [4.69, 9.17) is 9.84 Å². The van der Waals surface area contributed by atoms with Crippen LogP contribution in [0.5, 0.6) is 0 Å². The van der Waals surface area contributed by atoms with Gasteiger partial charge in [-0.25, -0.2) is 4.79 Å². The molecule has 2 heterocycles. The van der Waals surface area contributed by atoms with Gasteiger partial charge in [0.05, 0.1) is 13.2 Å². The van der Waals surface area contributed by atoms with E-state index < -0.39 is 48.6 Å². The molecule has 10 nitrogen and oxygen atoms in total. The van der Waals surface area contributed by atoms with Gasteiger partial charge in [-0.2, -0.15) is 0 Å². The average molecular weight is 318 g/mol. The molecule has 0 radical (unpaired) electrons.